The van der Waals surface area contributed by atoms with Gasteiger partial charge in [-0.05, 0) is 63.9 Å². The van der Waals surface area contributed by atoms with Gasteiger partial charge in [0.15, 0.2) is 0 Å². The summed E-state index contributed by atoms with van der Waals surface area (Å²) in [5.41, 5.74) is -0.0328. The van der Waals surface area contributed by atoms with Crippen LogP contribution in [0.1, 0.15) is 100 Å². The maximum absolute atomic E-state index is 13.7. The Balaban J connectivity index is 3.06. The Morgan fingerprint density at radius 2 is 1.20 bits per heavy atom. The lowest BCUT2D eigenvalue weighted by Gasteiger charge is -2.30. The van der Waals surface area contributed by atoms with Crippen molar-refractivity contribution < 1.29 is 48.5 Å². The minimum Gasteiger partial charge on any atom is -0.469 e. The fourth-order valence-corrected chi connectivity index (χ4v) is 5.61. The molecule has 54 heavy (non-hydrogen) atoms. The molecule has 0 bridgehead atoms. The van der Waals surface area contributed by atoms with Crippen LogP contribution in [0.5, 0.6) is 0 Å². The average Bonchev–Trinajstić information content (AvgIpc) is 3.04. The Labute approximate surface area is 320 Å². The number of carbonyl (C=O) groups excluding carboxylic acids is 6. The first-order chi connectivity index (χ1) is 25.0. The number of alkyl carbamates (subject to hydrolysis) is 1. The van der Waals surface area contributed by atoms with E-state index in [9.17, 15) is 39.0 Å². The fraction of sp³-hybridized carbons (Fsp3) is 0.692. The van der Waals surface area contributed by atoms with Crippen LogP contribution in [-0.4, -0.2) is 101 Å². The molecule has 1 aromatic rings. The molecular formula is C39H65N5O10. The summed E-state index contributed by atoms with van der Waals surface area (Å²) in [5, 5.41) is 35.2. The molecule has 0 aliphatic carbocycles. The third-order valence-electron chi connectivity index (χ3n) is 8.34. The largest absolute Gasteiger partial charge is 0.469 e. The first-order valence-corrected chi connectivity index (χ1v) is 18.7. The number of esters is 1. The lowest BCUT2D eigenvalue weighted by atomic mass is 9.95. The number of rotatable bonds is 21. The van der Waals surface area contributed by atoms with Crippen LogP contribution in [0.25, 0.3) is 0 Å². The lowest BCUT2D eigenvalue weighted by molar-refractivity contribution is -0.144. The molecule has 0 spiro atoms. The molecule has 5 amide bonds. The number of hydrogen-bond donors (Lipinski definition) is 7. The summed E-state index contributed by atoms with van der Waals surface area (Å²) >= 11 is 0. The molecule has 0 aromatic heterocycles. The molecule has 0 saturated carbocycles. The summed E-state index contributed by atoms with van der Waals surface area (Å²) in [6.45, 7) is 17.6. The highest BCUT2D eigenvalue weighted by Crippen LogP contribution is 2.15. The highest BCUT2D eigenvalue weighted by Gasteiger charge is 2.34. The second-order valence-corrected chi connectivity index (χ2v) is 16.0. The quantitative estimate of drug-likeness (QED) is 0.0907. The Morgan fingerprint density at radius 3 is 1.69 bits per heavy atom. The zero-order chi connectivity index (χ0) is 41.3. The molecule has 15 nitrogen and oxygen atoms in total. The summed E-state index contributed by atoms with van der Waals surface area (Å²) in [6.07, 6.45) is -3.33. The van der Waals surface area contributed by atoms with Crippen molar-refractivity contribution in [3.63, 3.8) is 0 Å². The van der Waals surface area contributed by atoms with Crippen molar-refractivity contribution >= 4 is 35.7 Å². The van der Waals surface area contributed by atoms with Crippen molar-refractivity contribution in [2.45, 2.75) is 149 Å². The van der Waals surface area contributed by atoms with Crippen LogP contribution in [0.4, 0.5) is 4.79 Å². The highest BCUT2D eigenvalue weighted by atomic mass is 16.6. The number of carbonyl (C=O) groups is 6. The van der Waals surface area contributed by atoms with E-state index in [1.165, 1.54) is 14.0 Å². The molecule has 15 heteroatoms. The molecule has 0 aliphatic heterocycles. The average molecular weight is 764 g/mol. The molecule has 7 atom stereocenters. The van der Waals surface area contributed by atoms with Crippen molar-refractivity contribution in [2.75, 3.05) is 7.11 Å². The monoisotopic (exact) mass is 763 g/mol. The summed E-state index contributed by atoms with van der Waals surface area (Å²) in [7, 11) is 1.20. The van der Waals surface area contributed by atoms with Gasteiger partial charge in [0.2, 0.25) is 23.6 Å². The molecule has 7 N–H and O–H groups in total. The molecule has 0 heterocycles. The zero-order valence-electron chi connectivity index (χ0n) is 33.9. The van der Waals surface area contributed by atoms with E-state index < -0.39 is 96.0 Å². The smallest absolute Gasteiger partial charge is 0.408 e. The first kappa shape index (κ1) is 47.8. The van der Waals surface area contributed by atoms with Crippen molar-refractivity contribution in [1.82, 2.24) is 26.6 Å². The van der Waals surface area contributed by atoms with Gasteiger partial charge in [-0.2, -0.15) is 0 Å². The predicted octanol–water partition coefficient (Wildman–Crippen LogP) is 2.50. The SMILES string of the molecule is COC(=O)CC(O)[C@H](CC(C)C)NC(=O)[C@H](C)NC(=O)CC(O)[C@H](CC(C)C)NC(=O)[C@@H](NC(=O)[C@@H](Cc1ccccc1)NC(=O)OC(C)(C)C)C(C)C. The number of aliphatic hydroxyl groups is 2. The Hall–Kier alpha value is -4.24. The van der Waals surface area contributed by atoms with Crippen LogP contribution < -0.4 is 26.6 Å². The topological polar surface area (TPSA) is 221 Å². The molecule has 1 rings (SSSR count). The molecule has 0 saturated heterocycles. The normalized spacial score (nSPS) is 15.6. The highest BCUT2D eigenvalue weighted by molar-refractivity contribution is 5.92. The maximum Gasteiger partial charge on any atom is 0.408 e. The van der Waals surface area contributed by atoms with E-state index in [-0.39, 0.29) is 24.7 Å². The molecular weight excluding hydrogens is 698 g/mol. The van der Waals surface area contributed by atoms with E-state index in [0.717, 1.165) is 5.56 Å². The Kier molecular flexibility index (Phi) is 20.2. The molecule has 1 aromatic carbocycles. The molecule has 0 fully saturated rings. The zero-order valence-corrected chi connectivity index (χ0v) is 33.9. The summed E-state index contributed by atoms with van der Waals surface area (Å²) in [5.74, 6) is -3.42. The van der Waals surface area contributed by atoms with E-state index in [2.05, 4.69) is 31.3 Å². The number of ether oxygens (including phenoxy) is 2. The summed E-state index contributed by atoms with van der Waals surface area (Å²) < 4.78 is 10.0. The third kappa shape index (κ3) is 18.7. The molecule has 0 aliphatic rings. The van der Waals surface area contributed by atoms with Crippen LogP contribution in [0, 0.1) is 17.8 Å². The van der Waals surface area contributed by atoms with Gasteiger partial charge < -0.3 is 46.3 Å². The minimum atomic E-state index is -1.36. The van der Waals surface area contributed by atoms with E-state index in [0.29, 0.717) is 12.8 Å². The van der Waals surface area contributed by atoms with Crippen LogP contribution >= 0.6 is 0 Å². The number of aliphatic hydroxyl groups excluding tert-OH is 2. The predicted molar refractivity (Wildman–Crippen MR) is 204 cm³/mol. The molecule has 0 radical (unpaired) electrons. The van der Waals surface area contributed by atoms with Gasteiger partial charge in [-0.1, -0.05) is 71.9 Å². The van der Waals surface area contributed by atoms with E-state index in [1.807, 2.05) is 58.0 Å². The standard InChI is InChI=1S/C39H65N5O10/c1-22(2)17-27(30(45)20-32(47)40-25(7)35(49)41-28(18-23(3)4)31(46)21-33(48)53-11)42-37(51)34(24(5)6)44-36(50)29(19-26-15-13-12-14-16-26)43-38(52)54-39(8,9)10/h12-16,22-25,27-31,34,45-46H,17-21H2,1-11H3,(H,40,47)(H,41,49)(H,42,51)(H,43,52)(H,44,50)/t25-,27-,28-,29+,30?,31?,34-/m0/s1. The fourth-order valence-electron chi connectivity index (χ4n) is 5.61. The van der Waals surface area contributed by atoms with Crippen LogP contribution in [0.15, 0.2) is 30.3 Å². The maximum atomic E-state index is 13.7. The van der Waals surface area contributed by atoms with Crippen molar-refractivity contribution in [3.05, 3.63) is 35.9 Å². The van der Waals surface area contributed by atoms with Gasteiger partial charge in [0, 0.05) is 6.42 Å². The number of nitrogens with one attached hydrogen (secondary N) is 5. The number of hydrogen-bond acceptors (Lipinski definition) is 10. The number of methoxy groups -OCH3 is 1. The van der Waals surface area contributed by atoms with Gasteiger partial charge in [0.25, 0.3) is 0 Å². The summed E-state index contributed by atoms with van der Waals surface area (Å²) in [6, 6.07) is 4.20. The number of benzene rings is 1. The summed E-state index contributed by atoms with van der Waals surface area (Å²) in [4.78, 5) is 77.8. The third-order valence-corrected chi connectivity index (χ3v) is 8.34. The van der Waals surface area contributed by atoms with Gasteiger partial charge in [-0.25, -0.2) is 4.79 Å². The number of amides is 5. The second-order valence-electron chi connectivity index (χ2n) is 16.0. The van der Waals surface area contributed by atoms with Crippen LogP contribution in [0.3, 0.4) is 0 Å². The van der Waals surface area contributed by atoms with E-state index in [1.54, 1.807) is 34.6 Å². The van der Waals surface area contributed by atoms with Gasteiger partial charge in [-0.3, -0.25) is 24.0 Å². The van der Waals surface area contributed by atoms with Crippen LogP contribution in [-0.2, 0) is 39.9 Å². The van der Waals surface area contributed by atoms with Crippen molar-refractivity contribution in [1.29, 1.82) is 0 Å². The van der Waals surface area contributed by atoms with Crippen molar-refractivity contribution in [2.24, 2.45) is 17.8 Å². The van der Waals surface area contributed by atoms with Gasteiger partial charge in [0.05, 0.1) is 44.2 Å². The van der Waals surface area contributed by atoms with Crippen LogP contribution in [0.2, 0.25) is 0 Å². The Morgan fingerprint density at radius 1 is 0.685 bits per heavy atom. The lowest BCUT2D eigenvalue weighted by Crippen LogP contribution is -2.58. The minimum absolute atomic E-state index is 0.00704. The molecule has 306 valence electrons. The second kappa shape index (κ2) is 22.9. The molecule has 2 unspecified atom stereocenters. The van der Waals surface area contributed by atoms with Gasteiger partial charge >= 0.3 is 12.1 Å². The van der Waals surface area contributed by atoms with Gasteiger partial charge in [0.1, 0.15) is 23.7 Å². The van der Waals surface area contributed by atoms with Crippen molar-refractivity contribution in [3.8, 4) is 0 Å². The Bertz CT molecular complexity index is 1370. The van der Waals surface area contributed by atoms with E-state index in [4.69, 9.17) is 4.74 Å². The van der Waals surface area contributed by atoms with Gasteiger partial charge in [-0.15, -0.1) is 0 Å². The van der Waals surface area contributed by atoms with E-state index >= 15 is 0 Å². The first-order valence-electron chi connectivity index (χ1n) is 18.7.